The fraction of sp³-hybridized carbons (Fsp3) is 0.238. The lowest BCUT2D eigenvalue weighted by Gasteiger charge is -2.14. The van der Waals surface area contributed by atoms with Crippen LogP contribution in [0.1, 0.15) is 18.1 Å². The molecule has 0 aliphatic carbocycles. The molecule has 0 saturated carbocycles. The van der Waals surface area contributed by atoms with Crippen LogP contribution in [0.2, 0.25) is 0 Å². The third-order valence-corrected chi connectivity index (χ3v) is 4.38. The van der Waals surface area contributed by atoms with E-state index in [1.165, 1.54) is 0 Å². The molecule has 0 atom stereocenters. The van der Waals surface area contributed by atoms with Crippen molar-refractivity contribution in [3.63, 3.8) is 0 Å². The number of amides is 2. The van der Waals surface area contributed by atoms with Crippen LogP contribution >= 0.6 is 0 Å². The molecule has 0 saturated heterocycles. The number of methoxy groups -OCH3 is 1. The van der Waals surface area contributed by atoms with Crippen molar-refractivity contribution >= 4 is 17.4 Å². The van der Waals surface area contributed by atoms with Gasteiger partial charge in [-0.3, -0.25) is 14.5 Å². The smallest absolute Gasteiger partial charge is 0.296 e. The lowest BCUT2D eigenvalue weighted by Crippen LogP contribution is -2.33. The highest BCUT2D eigenvalue weighted by molar-refractivity contribution is 6.34. The summed E-state index contributed by atoms with van der Waals surface area (Å²) < 4.78 is 10.5. The van der Waals surface area contributed by atoms with Crippen LogP contribution in [0.25, 0.3) is 5.57 Å². The molecule has 3 rings (SSSR count). The number of carbonyl (C=O) groups is 2. The Bertz CT molecular complexity index is 868. The molecule has 1 N–H and O–H groups in total. The quantitative estimate of drug-likeness (QED) is 0.762. The minimum atomic E-state index is -0.669. The second kappa shape index (κ2) is 7.95. The molecule has 27 heavy (non-hydrogen) atoms. The fourth-order valence-corrected chi connectivity index (χ4v) is 2.94. The number of hydrogen-bond acceptors (Lipinski definition) is 5. The van der Waals surface area contributed by atoms with Gasteiger partial charge in [0.25, 0.3) is 11.8 Å². The Balaban J connectivity index is 1.72. The summed E-state index contributed by atoms with van der Waals surface area (Å²) in [6, 6.07) is 14.1. The number of aliphatic hydroxyl groups excluding tert-OH is 1. The topological polar surface area (TPSA) is 76.1 Å². The van der Waals surface area contributed by atoms with Crippen LogP contribution in [0, 0.1) is 0 Å². The molecule has 2 aromatic rings. The number of rotatable bonds is 7. The average molecular weight is 367 g/mol. The number of aliphatic hydroxyl groups is 1. The predicted molar refractivity (Wildman–Crippen MR) is 101 cm³/mol. The van der Waals surface area contributed by atoms with Crippen LogP contribution in [-0.4, -0.2) is 42.1 Å². The van der Waals surface area contributed by atoms with Gasteiger partial charge >= 0.3 is 0 Å². The van der Waals surface area contributed by atoms with E-state index in [0.29, 0.717) is 24.3 Å². The van der Waals surface area contributed by atoms with Crippen LogP contribution in [-0.2, 0) is 16.0 Å². The molecule has 1 aliphatic heterocycles. The second-order valence-electron chi connectivity index (χ2n) is 6.04. The highest BCUT2D eigenvalue weighted by Crippen LogP contribution is 2.29. The van der Waals surface area contributed by atoms with E-state index in [4.69, 9.17) is 9.47 Å². The van der Waals surface area contributed by atoms with E-state index in [0.717, 1.165) is 16.2 Å². The first kappa shape index (κ1) is 18.5. The zero-order valence-corrected chi connectivity index (χ0v) is 15.3. The summed E-state index contributed by atoms with van der Waals surface area (Å²) in [6.45, 7) is 2.60. The molecule has 0 radical (unpaired) electrons. The summed E-state index contributed by atoms with van der Waals surface area (Å²) in [5.74, 6) is -0.273. The van der Waals surface area contributed by atoms with Crippen molar-refractivity contribution in [2.75, 3.05) is 20.3 Å². The van der Waals surface area contributed by atoms with Crippen molar-refractivity contribution < 1.29 is 24.2 Å². The third kappa shape index (κ3) is 3.79. The van der Waals surface area contributed by atoms with Crippen LogP contribution < -0.4 is 9.47 Å². The largest absolute Gasteiger partial charge is 0.502 e. The maximum atomic E-state index is 12.7. The van der Waals surface area contributed by atoms with Crippen molar-refractivity contribution in [3.05, 3.63) is 65.4 Å². The summed E-state index contributed by atoms with van der Waals surface area (Å²) >= 11 is 0. The van der Waals surface area contributed by atoms with Crippen LogP contribution in [0.4, 0.5) is 0 Å². The molecule has 6 nitrogen and oxygen atoms in total. The van der Waals surface area contributed by atoms with Gasteiger partial charge in [0.15, 0.2) is 5.76 Å². The molecule has 0 spiro atoms. The van der Waals surface area contributed by atoms with E-state index in [1.807, 2.05) is 31.2 Å². The van der Waals surface area contributed by atoms with E-state index in [-0.39, 0.29) is 12.1 Å². The Morgan fingerprint density at radius 1 is 0.926 bits per heavy atom. The molecule has 2 amide bonds. The molecule has 6 heteroatoms. The Morgan fingerprint density at radius 3 is 2.15 bits per heavy atom. The number of benzene rings is 2. The Hall–Kier alpha value is -3.28. The third-order valence-electron chi connectivity index (χ3n) is 4.38. The Morgan fingerprint density at radius 2 is 1.56 bits per heavy atom. The molecule has 0 fully saturated rings. The van der Waals surface area contributed by atoms with Crippen molar-refractivity contribution in [2.24, 2.45) is 0 Å². The lowest BCUT2D eigenvalue weighted by molar-refractivity contribution is -0.138. The van der Waals surface area contributed by atoms with Gasteiger partial charge in [-0.1, -0.05) is 24.3 Å². The number of nitrogens with zero attached hydrogens (tertiary/aromatic N) is 1. The summed E-state index contributed by atoms with van der Waals surface area (Å²) in [5, 5.41) is 10.2. The zero-order chi connectivity index (χ0) is 19.4. The van der Waals surface area contributed by atoms with Crippen LogP contribution in [0.5, 0.6) is 11.5 Å². The van der Waals surface area contributed by atoms with Crippen molar-refractivity contribution in [1.29, 1.82) is 0 Å². The highest BCUT2D eigenvalue weighted by Gasteiger charge is 2.38. The maximum absolute atomic E-state index is 12.7. The minimum Gasteiger partial charge on any atom is -0.502 e. The van der Waals surface area contributed by atoms with Crippen molar-refractivity contribution in [1.82, 2.24) is 4.90 Å². The summed E-state index contributed by atoms with van der Waals surface area (Å²) in [5.41, 5.74) is 1.48. The minimum absolute atomic E-state index is 0.0257. The van der Waals surface area contributed by atoms with E-state index < -0.39 is 17.6 Å². The molecule has 0 unspecified atom stereocenters. The van der Waals surface area contributed by atoms with E-state index in [9.17, 15) is 14.7 Å². The predicted octanol–water partition coefficient (Wildman–Crippen LogP) is 2.97. The van der Waals surface area contributed by atoms with Gasteiger partial charge in [0.05, 0.1) is 19.3 Å². The molecule has 140 valence electrons. The first-order valence-corrected chi connectivity index (χ1v) is 8.70. The summed E-state index contributed by atoms with van der Waals surface area (Å²) in [7, 11) is 1.59. The highest BCUT2D eigenvalue weighted by atomic mass is 16.5. The van der Waals surface area contributed by atoms with Gasteiger partial charge in [-0.25, -0.2) is 0 Å². The average Bonchev–Trinajstić information content (AvgIpc) is 2.90. The number of carbonyl (C=O) groups excluding carboxylic acids is 2. The normalized spacial score (nSPS) is 14.1. The molecule has 0 bridgehead atoms. The zero-order valence-electron chi connectivity index (χ0n) is 15.3. The van der Waals surface area contributed by atoms with Gasteiger partial charge in [0.2, 0.25) is 0 Å². The van der Waals surface area contributed by atoms with Gasteiger partial charge in [0.1, 0.15) is 11.5 Å². The molecule has 1 heterocycles. The maximum Gasteiger partial charge on any atom is 0.296 e. The standard InChI is InChI=1S/C21H21NO5/c1-3-27-17-10-6-15(7-11-17)18-19(23)21(25)22(20(18)24)13-12-14-4-8-16(26-2)9-5-14/h4-11,23H,3,12-13H2,1-2H3. The molecular weight excluding hydrogens is 346 g/mol. The molecule has 0 aromatic heterocycles. The SMILES string of the molecule is CCOc1ccc(C2=C(O)C(=O)N(CCc3ccc(OC)cc3)C2=O)cc1. The van der Waals surface area contributed by atoms with Gasteiger partial charge in [-0.05, 0) is 48.7 Å². The Kier molecular flexibility index (Phi) is 5.45. The number of ether oxygens (including phenoxy) is 2. The van der Waals surface area contributed by atoms with Gasteiger partial charge in [-0.2, -0.15) is 0 Å². The second-order valence-corrected chi connectivity index (χ2v) is 6.04. The molecular formula is C21H21NO5. The lowest BCUT2D eigenvalue weighted by atomic mass is 10.1. The molecule has 1 aliphatic rings. The van der Waals surface area contributed by atoms with Gasteiger partial charge < -0.3 is 14.6 Å². The van der Waals surface area contributed by atoms with Gasteiger partial charge in [0, 0.05) is 6.54 Å². The monoisotopic (exact) mass is 367 g/mol. The number of hydrogen-bond donors (Lipinski definition) is 1. The van der Waals surface area contributed by atoms with Gasteiger partial charge in [-0.15, -0.1) is 0 Å². The first-order valence-electron chi connectivity index (χ1n) is 8.70. The first-order chi connectivity index (χ1) is 13.0. The van der Waals surface area contributed by atoms with E-state index >= 15 is 0 Å². The van der Waals surface area contributed by atoms with Crippen LogP contribution in [0.15, 0.2) is 54.3 Å². The van der Waals surface area contributed by atoms with Crippen LogP contribution in [0.3, 0.4) is 0 Å². The van der Waals surface area contributed by atoms with Crippen molar-refractivity contribution in [2.45, 2.75) is 13.3 Å². The summed E-state index contributed by atoms with van der Waals surface area (Å²) in [6.07, 6.45) is 0.491. The van der Waals surface area contributed by atoms with E-state index in [1.54, 1.807) is 31.4 Å². The fourth-order valence-electron chi connectivity index (χ4n) is 2.94. The number of imide groups is 1. The Labute approximate surface area is 157 Å². The summed E-state index contributed by atoms with van der Waals surface area (Å²) in [4.78, 5) is 26.1. The van der Waals surface area contributed by atoms with E-state index in [2.05, 4.69) is 0 Å². The van der Waals surface area contributed by atoms with Crippen molar-refractivity contribution in [3.8, 4) is 11.5 Å². The molecule has 2 aromatic carbocycles.